The zero-order valence-corrected chi connectivity index (χ0v) is 14.1. The van der Waals surface area contributed by atoms with Gasteiger partial charge in [-0.1, -0.05) is 39.0 Å². The molecule has 0 spiro atoms. The Morgan fingerprint density at radius 2 is 1.89 bits per heavy atom. The lowest BCUT2D eigenvalue weighted by atomic mass is 10.1. The Balaban J connectivity index is 2.90. The van der Waals surface area contributed by atoms with Crippen LogP contribution in [0.25, 0.3) is 0 Å². The van der Waals surface area contributed by atoms with Gasteiger partial charge in [-0.3, -0.25) is 0 Å². The van der Waals surface area contributed by atoms with Gasteiger partial charge in [0.25, 0.3) is 0 Å². The molecule has 1 N–H and O–H groups in total. The lowest BCUT2D eigenvalue weighted by Gasteiger charge is -2.29. The zero-order chi connectivity index (χ0) is 14.5. The van der Waals surface area contributed by atoms with Gasteiger partial charge in [-0.25, -0.2) is 9.65 Å². The third-order valence-corrected chi connectivity index (χ3v) is 7.65. The van der Waals surface area contributed by atoms with Crippen molar-refractivity contribution in [2.45, 2.75) is 51.8 Å². The van der Waals surface area contributed by atoms with E-state index in [1.165, 1.54) is 11.4 Å². The van der Waals surface area contributed by atoms with E-state index in [1.807, 2.05) is 44.2 Å². The lowest BCUT2D eigenvalue weighted by molar-refractivity contribution is 0.477. The minimum Gasteiger partial charge on any atom is -0.426 e. The minimum absolute atomic E-state index is 0.0911. The molecule has 1 rings (SSSR count). The Hall–Kier alpha value is -0.440. The van der Waals surface area contributed by atoms with E-state index >= 15 is 0 Å². The van der Waals surface area contributed by atoms with Crippen LogP contribution in [0.2, 0.25) is 0 Å². The third-order valence-electron chi connectivity index (χ3n) is 2.60. The summed E-state index contributed by atoms with van der Waals surface area (Å²) in [5.41, 5.74) is 0. The van der Waals surface area contributed by atoms with Crippen LogP contribution in [0, 0.1) is 0 Å². The van der Waals surface area contributed by atoms with Crippen molar-refractivity contribution in [2.24, 2.45) is 0 Å². The van der Waals surface area contributed by atoms with Gasteiger partial charge >= 0.3 is 6.72 Å². The van der Waals surface area contributed by atoms with Crippen LogP contribution in [0.4, 0.5) is 0 Å². The van der Waals surface area contributed by atoms with E-state index in [2.05, 4.69) is 25.9 Å². The second-order valence-corrected chi connectivity index (χ2v) is 10.1. The van der Waals surface area contributed by atoms with Crippen molar-refractivity contribution < 1.29 is 9.09 Å². The van der Waals surface area contributed by atoms with Crippen LogP contribution in [0.1, 0.15) is 41.0 Å². The first kappa shape index (κ1) is 16.6. The van der Waals surface area contributed by atoms with Crippen LogP contribution in [-0.2, 0) is 4.57 Å². The van der Waals surface area contributed by atoms with Gasteiger partial charge in [0.1, 0.15) is 5.75 Å². The molecule has 19 heavy (non-hydrogen) atoms. The average Bonchev–Trinajstić information content (AvgIpc) is 2.27. The number of benzene rings is 1. The molecule has 3 nitrogen and oxygen atoms in total. The molecule has 1 unspecified atom stereocenters. The molecule has 0 amide bonds. The highest BCUT2D eigenvalue weighted by Crippen LogP contribution is 2.61. The highest BCUT2D eigenvalue weighted by Gasteiger charge is 2.34. The van der Waals surface area contributed by atoms with Crippen LogP contribution in [0.5, 0.6) is 5.75 Å². The molecule has 0 aliphatic carbocycles. The van der Waals surface area contributed by atoms with Gasteiger partial charge in [-0.05, 0) is 43.8 Å². The van der Waals surface area contributed by atoms with Gasteiger partial charge < -0.3 is 4.52 Å². The summed E-state index contributed by atoms with van der Waals surface area (Å²) in [6.45, 7) is 7.24. The Bertz CT molecular complexity index is 434. The maximum absolute atomic E-state index is 13.0. The van der Waals surface area contributed by atoms with E-state index in [0.29, 0.717) is 5.75 Å². The molecule has 1 aromatic carbocycles. The van der Waals surface area contributed by atoms with Crippen molar-refractivity contribution in [2.75, 3.05) is 0 Å². The van der Waals surface area contributed by atoms with Crippen molar-refractivity contribution in [3.63, 3.8) is 0 Å². The predicted molar refractivity (Wildman–Crippen MR) is 84.9 cm³/mol. The molecule has 1 aromatic rings. The molecule has 0 heterocycles. The average molecular weight is 301 g/mol. The van der Waals surface area contributed by atoms with Crippen molar-refractivity contribution >= 4 is 18.1 Å². The number of hydrogen-bond acceptors (Lipinski definition) is 3. The van der Waals surface area contributed by atoms with Crippen molar-refractivity contribution in [3.8, 4) is 5.75 Å². The molecule has 1 atom stereocenters. The molecular formula is C14H24NO2PS. The van der Waals surface area contributed by atoms with Crippen LogP contribution in [-0.4, -0.2) is 10.8 Å². The van der Waals surface area contributed by atoms with Crippen molar-refractivity contribution in [3.05, 3.63) is 30.3 Å². The maximum Gasteiger partial charge on any atom is 0.375 e. The van der Waals surface area contributed by atoms with E-state index in [9.17, 15) is 4.57 Å². The second kappa shape index (κ2) is 6.83. The molecule has 0 saturated heterocycles. The van der Waals surface area contributed by atoms with E-state index < -0.39 is 6.72 Å². The summed E-state index contributed by atoms with van der Waals surface area (Å²) in [4.78, 5) is 0. The number of nitrogens with one attached hydrogen (secondary N) is 1. The molecule has 0 aliphatic heterocycles. The highest BCUT2D eigenvalue weighted by atomic mass is 32.7. The summed E-state index contributed by atoms with van der Waals surface area (Å²) < 4.78 is 18.7. The standard InChI is InChI=1S/C14H24NO2PS/c1-6-14(4,5)19-18(16,15-12(2)3)17-13-10-8-7-9-11-13/h7-12H,6H2,1-5H3,(H,15,16). The molecule has 0 radical (unpaired) electrons. The second-order valence-electron chi connectivity index (χ2n) is 5.39. The molecule has 108 valence electrons. The van der Waals surface area contributed by atoms with Gasteiger partial charge in [0.05, 0.1) is 0 Å². The number of hydrogen-bond donors (Lipinski definition) is 1. The predicted octanol–water partition coefficient (Wildman–Crippen LogP) is 5.09. The van der Waals surface area contributed by atoms with Crippen LogP contribution in [0.15, 0.2) is 30.3 Å². The topological polar surface area (TPSA) is 38.3 Å². The van der Waals surface area contributed by atoms with E-state index in [4.69, 9.17) is 4.52 Å². The summed E-state index contributed by atoms with van der Waals surface area (Å²) >= 11 is 1.39. The van der Waals surface area contributed by atoms with Crippen LogP contribution in [0.3, 0.4) is 0 Å². The molecule has 0 fully saturated rings. The highest BCUT2D eigenvalue weighted by molar-refractivity contribution is 8.56. The summed E-state index contributed by atoms with van der Waals surface area (Å²) in [5, 5.41) is 3.09. The minimum atomic E-state index is -2.97. The summed E-state index contributed by atoms with van der Waals surface area (Å²) in [6.07, 6.45) is 0.930. The summed E-state index contributed by atoms with van der Waals surface area (Å²) in [6, 6.07) is 9.43. The Labute approximate surface area is 120 Å². The zero-order valence-electron chi connectivity index (χ0n) is 12.3. The fourth-order valence-corrected chi connectivity index (χ4v) is 6.85. The molecule has 5 heteroatoms. The first-order valence-electron chi connectivity index (χ1n) is 6.59. The monoisotopic (exact) mass is 301 g/mol. The first-order valence-corrected chi connectivity index (χ1v) is 9.64. The first-order chi connectivity index (χ1) is 8.76. The van der Waals surface area contributed by atoms with E-state index in [0.717, 1.165) is 6.42 Å². The third kappa shape index (κ3) is 6.03. The normalized spacial score (nSPS) is 15.3. The largest absolute Gasteiger partial charge is 0.426 e. The molecule has 0 aliphatic rings. The van der Waals surface area contributed by atoms with E-state index in [1.54, 1.807) is 0 Å². The van der Waals surface area contributed by atoms with Crippen molar-refractivity contribution in [1.82, 2.24) is 5.09 Å². The molecule has 0 bridgehead atoms. The maximum atomic E-state index is 13.0. The number of rotatable bonds is 7. The van der Waals surface area contributed by atoms with E-state index in [-0.39, 0.29) is 10.8 Å². The molecule has 0 saturated carbocycles. The summed E-state index contributed by atoms with van der Waals surface area (Å²) in [5.74, 6) is 0.637. The fourth-order valence-electron chi connectivity index (χ4n) is 1.40. The van der Waals surface area contributed by atoms with Gasteiger partial charge in [-0.2, -0.15) is 0 Å². The lowest BCUT2D eigenvalue weighted by Crippen LogP contribution is -2.24. The van der Waals surface area contributed by atoms with Gasteiger partial charge in [-0.15, -0.1) is 0 Å². The van der Waals surface area contributed by atoms with Gasteiger partial charge in [0.2, 0.25) is 0 Å². The summed E-state index contributed by atoms with van der Waals surface area (Å²) in [7, 11) is 0. The van der Waals surface area contributed by atoms with Crippen molar-refractivity contribution in [1.29, 1.82) is 0 Å². The van der Waals surface area contributed by atoms with Gasteiger partial charge in [0, 0.05) is 10.8 Å². The number of para-hydroxylation sites is 1. The van der Waals surface area contributed by atoms with Gasteiger partial charge in [0.15, 0.2) is 0 Å². The Kier molecular flexibility index (Phi) is 5.97. The SMILES string of the molecule is CCC(C)(C)SP(=O)(NC(C)C)Oc1ccccc1. The quantitative estimate of drug-likeness (QED) is 0.712. The molecule has 0 aromatic heterocycles. The molecular weight excluding hydrogens is 277 g/mol. The van der Waals surface area contributed by atoms with Crippen LogP contribution >= 0.6 is 18.1 Å². The Morgan fingerprint density at radius 3 is 2.37 bits per heavy atom. The fraction of sp³-hybridized carbons (Fsp3) is 0.571. The van der Waals surface area contributed by atoms with Crippen LogP contribution < -0.4 is 9.61 Å². The smallest absolute Gasteiger partial charge is 0.375 e. The Morgan fingerprint density at radius 1 is 1.32 bits per heavy atom.